The molecule has 1 aromatic heterocycles. The number of carbonyl (C=O) groups is 1. The van der Waals surface area contributed by atoms with Gasteiger partial charge in [-0.3, -0.25) is 9.48 Å². The lowest BCUT2D eigenvalue weighted by molar-refractivity contribution is -0.153. The molecule has 0 fully saturated rings. The maximum Gasteiger partial charge on any atom is 0.422 e. The molecule has 0 saturated carbocycles. The molecule has 1 aromatic carbocycles. The van der Waals surface area contributed by atoms with Gasteiger partial charge in [0.05, 0.1) is 6.20 Å². The SMILES string of the molecule is CCn1cc(CNC(=O)c2cccc(OCC(F)(F)F)c2)cn1. The summed E-state index contributed by atoms with van der Waals surface area (Å²) in [5.41, 5.74) is 1.07. The van der Waals surface area contributed by atoms with E-state index in [4.69, 9.17) is 0 Å². The zero-order valence-corrected chi connectivity index (χ0v) is 12.4. The van der Waals surface area contributed by atoms with Crippen LogP contribution in [0.4, 0.5) is 13.2 Å². The number of rotatable bonds is 6. The number of alkyl halides is 3. The van der Waals surface area contributed by atoms with Gasteiger partial charge in [0, 0.05) is 30.4 Å². The molecule has 1 N–H and O–H groups in total. The van der Waals surface area contributed by atoms with Gasteiger partial charge in [0.25, 0.3) is 5.91 Å². The largest absolute Gasteiger partial charge is 0.484 e. The number of aryl methyl sites for hydroxylation is 1. The third kappa shape index (κ3) is 5.32. The molecule has 0 aliphatic carbocycles. The van der Waals surface area contributed by atoms with Crippen molar-refractivity contribution in [2.75, 3.05) is 6.61 Å². The summed E-state index contributed by atoms with van der Waals surface area (Å²) in [7, 11) is 0. The van der Waals surface area contributed by atoms with E-state index in [0.717, 1.165) is 12.1 Å². The Hall–Kier alpha value is -2.51. The molecule has 0 unspecified atom stereocenters. The van der Waals surface area contributed by atoms with E-state index in [9.17, 15) is 18.0 Å². The molecule has 0 bridgehead atoms. The molecule has 2 rings (SSSR count). The zero-order chi connectivity index (χ0) is 16.9. The predicted octanol–water partition coefficient (Wildman–Crippen LogP) is 2.77. The molecule has 0 radical (unpaired) electrons. The monoisotopic (exact) mass is 327 g/mol. The zero-order valence-electron chi connectivity index (χ0n) is 12.4. The highest BCUT2D eigenvalue weighted by atomic mass is 19.4. The third-order valence-corrected chi connectivity index (χ3v) is 2.96. The summed E-state index contributed by atoms with van der Waals surface area (Å²) in [5, 5.41) is 6.77. The van der Waals surface area contributed by atoms with Crippen LogP contribution in [-0.2, 0) is 13.1 Å². The number of aromatic nitrogens is 2. The van der Waals surface area contributed by atoms with Crippen molar-refractivity contribution >= 4 is 5.91 Å². The van der Waals surface area contributed by atoms with E-state index in [1.807, 2.05) is 13.1 Å². The highest BCUT2D eigenvalue weighted by Gasteiger charge is 2.28. The first kappa shape index (κ1) is 16.9. The smallest absolute Gasteiger partial charge is 0.422 e. The Morgan fingerprint density at radius 2 is 2.17 bits per heavy atom. The van der Waals surface area contributed by atoms with Gasteiger partial charge in [-0.1, -0.05) is 6.07 Å². The van der Waals surface area contributed by atoms with Gasteiger partial charge < -0.3 is 10.1 Å². The summed E-state index contributed by atoms with van der Waals surface area (Å²) >= 11 is 0. The van der Waals surface area contributed by atoms with Gasteiger partial charge in [-0.15, -0.1) is 0 Å². The van der Waals surface area contributed by atoms with Crippen LogP contribution in [0.1, 0.15) is 22.8 Å². The second-order valence-corrected chi connectivity index (χ2v) is 4.82. The number of ether oxygens (including phenoxy) is 1. The van der Waals surface area contributed by atoms with Crippen LogP contribution in [-0.4, -0.2) is 28.5 Å². The van der Waals surface area contributed by atoms with E-state index in [1.165, 1.54) is 24.3 Å². The Kier molecular flexibility index (Phi) is 5.25. The minimum absolute atomic E-state index is 0.00576. The molecule has 1 heterocycles. The van der Waals surface area contributed by atoms with Crippen molar-refractivity contribution in [3.63, 3.8) is 0 Å². The normalized spacial score (nSPS) is 11.3. The lowest BCUT2D eigenvalue weighted by atomic mass is 10.2. The van der Waals surface area contributed by atoms with Crippen molar-refractivity contribution in [1.82, 2.24) is 15.1 Å². The standard InChI is InChI=1S/C15H16F3N3O2/c1-2-21-9-11(8-20-21)7-19-14(22)12-4-3-5-13(6-12)23-10-15(16,17)18/h3-6,8-9H,2,7,10H2,1H3,(H,19,22). The average Bonchev–Trinajstić information content (AvgIpc) is 2.98. The Morgan fingerprint density at radius 1 is 1.39 bits per heavy atom. The molecule has 0 atom stereocenters. The van der Waals surface area contributed by atoms with E-state index in [-0.39, 0.29) is 17.9 Å². The Morgan fingerprint density at radius 3 is 2.83 bits per heavy atom. The number of benzene rings is 1. The highest BCUT2D eigenvalue weighted by molar-refractivity contribution is 5.94. The number of nitrogens with zero attached hydrogens (tertiary/aromatic N) is 2. The molecule has 8 heteroatoms. The van der Waals surface area contributed by atoms with Gasteiger partial charge in [0.1, 0.15) is 5.75 Å². The average molecular weight is 327 g/mol. The summed E-state index contributed by atoms with van der Waals surface area (Å²) in [6, 6.07) is 5.62. The number of halogens is 3. The van der Waals surface area contributed by atoms with Gasteiger partial charge in [0.15, 0.2) is 6.61 Å². The molecular weight excluding hydrogens is 311 g/mol. The predicted molar refractivity (Wildman–Crippen MR) is 77.1 cm³/mol. The fourth-order valence-electron chi connectivity index (χ4n) is 1.85. The van der Waals surface area contributed by atoms with Crippen LogP contribution in [0.3, 0.4) is 0 Å². The number of amides is 1. The van der Waals surface area contributed by atoms with Crippen LogP contribution in [0.5, 0.6) is 5.75 Å². The Bertz CT molecular complexity index is 668. The highest BCUT2D eigenvalue weighted by Crippen LogP contribution is 2.19. The van der Waals surface area contributed by atoms with Gasteiger partial charge in [-0.05, 0) is 25.1 Å². The van der Waals surface area contributed by atoms with Crippen molar-refractivity contribution < 1.29 is 22.7 Å². The van der Waals surface area contributed by atoms with Crippen LogP contribution in [0.2, 0.25) is 0 Å². The third-order valence-electron chi connectivity index (χ3n) is 2.96. The molecule has 0 aliphatic heterocycles. The maximum absolute atomic E-state index is 12.1. The molecule has 0 spiro atoms. The summed E-state index contributed by atoms with van der Waals surface area (Å²) in [6.45, 7) is 1.56. The van der Waals surface area contributed by atoms with Crippen molar-refractivity contribution in [2.24, 2.45) is 0 Å². The Balaban J connectivity index is 1.93. The number of nitrogens with one attached hydrogen (secondary N) is 1. The molecule has 124 valence electrons. The molecule has 1 amide bonds. The van der Waals surface area contributed by atoms with E-state index >= 15 is 0 Å². The fourth-order valence-corrected chi connectivity index (χ4v) is 1.85. The summed E-state index contributed by atoms with van der Waals surface area (Å²) in [4.78, 5) is 12.0. The number of carbonyl (C=O) groups excluding carboxylic acids is 1. The van der Waals surface area contributed by atoms with E-state index < -0.39 is 18.7 Å². The second-order valence-electron chi connectivity index (χ2n) is 4.82. The van der Waals surface area contributed by atoms with Gasteiger partial charge in [0.2, 0.25) is 0 Å². The summed E-state index contributed by atoms with van der Waals surface area (Å²) in [6.07, 6.45) is -0.965. The van der Waals surface area contributed by atoms with Crippen LogP contribution in [0.25, 0.3) is 0 Å². The van der Waals surface area contributed by atoms with Crippen LogP contribution >= 0.6 is 0 Å². The topological polar surface area (TPSA) is 56.2 Å². The minimum atomic E-state index is -4.42. The first-order valence-corrected chi connectivity index (χ1v) is 6.96. The van der Waals surface area contributed by atoms with Crippen molar-refractivity contribution in [2.45, 2.75) is 26.2 Å². The lowest BCUT2D eigenvalue weighted by Gasteiger charge is -2.10. The summed E-state index contributed by atoms with van der Waals surface area (Å²) < 4.78 is 42.7. The van der Waals surface area contributed by atoms with Crippen molar-refractivity contribution in [1.29, 1.82) is 0 Å². The van der Waals surface area contributed by atoms with Crippen LogP contribution < -0.4 is 10.1 Å². The van der Waals surface area contributed by atoms with Gasteiger partial charge in [-0.2, -0.15) is 18.3 Å². The van der Waals surface area contributed by atoms with E-state index in [2.05, 4.69) is 15.2 Å². The quantitative estimate of drug-likeness (QED) is 0.887. The lowest BCUT2D eigenvalue weighted by Crippen LogP contribution is -2.23. The van der Waals surface area contributed by atoms with E-state index in [1.54, 1.807) is 10.9 Å². The Labute approximate surface area is 131 Å². The fraction of sp³-hybridized carbons (Fsp3) is 0.333. The van der Waals surface area contributed by atoms with Gasteiger partial charge in [-0.25, -0.2) is 0 Å². The first-order chi connectivity index (χ1) is 10.9. The van der Waals surface area contributed by atoms with Gasteiger partial charge >= 0.3 is 6.18 Å². The molecule has 0 saturated heterocycles. The molecule has 0 aliphatic rings. The van der Waals surface area contributed by atoms with E-state index in [0.29, 0.717) is 0 Å². The molecular formula is C15H16F3N3O2. The van der Waals surface area contributed by atoms with Crippen molar-refractivity contribution in [3.8, 4) is 5.75 Å². The molecule has 23 heavy (non-hydrogen) atoms. The molecule has 2 aromatic rings. The van der Waals surface area contributed by atoms with Crippen molar-refractivity contribution in [3.05, 3.63) is 47.8 Å². The van der Waals surface area contributed by atoms with Crippen LogP contribution in [0.15, 0.2) is 36.7 Å². The molecule has 5 nitrogen and oxygen atoms in total. The second kappa shape index (κ2) is 7.17. The number of hydrogen-bond donors (Lipinski definition) is 1. The van der Waals surface area contributed by atoms with Crippen LogP contribution in [0, 0.1) is 0 Å². The summed E-state index contributed by atoms with van der Waals surface area (Å²) in [5.74, 6) is -0.402. The first-order valence-electron chi connectivity index (χ1n) is 6.96. The maximum atomic E-state index is 12.1. The number of hydrogen-bond acceptors (Lipinski definition) is 3. The minimum Gasteiger partial charge on any atom is -0.484 e.